The fourth-order valence-corrected chi connectivity index (χ4v) is 3.34. The first-order valence-electron chi connectivity index (χ1n) is 6.69. The molecule has 24 heavy (non-hydrogen) atoms. The Hall–Kier alpha value is -2.39. The van der Waals surface area contributed by atoms with Crippen LogP contribution in [0.3, 0.4) is 0 Å². The molecule has 3 aromatic rings. The summed E-state index contributed by atoms with van der Waals surface area (Å²) in [5.41, 5.74) is 1.16. The van der Waals surface area contributed by atoms with E-state index < -0.39 is 10.6 Å². The molecule has 0 aliphatic rings. The van der Waals surface area contributed by atoms with Crippen LogP contribution in [0.2, 0.25) is 10.0 Å². The standard InChI is InChI=1S/C17H8Cl2N2O2S/c18-11-3-1-9(2-4-11)16-21-15(22)14(17(23)24-16)13-6-5-12(19)7-10(13)8-20/h1-7,22H. The summed E-state index contributed by atoms with van der Waals surface area (Å²) in [4.78, 5) is 16.6. The minimum atomic E-state index is -0.428. The van der Waals surface area contributed by atoms with Crippen LogP contribution in [0.25, 0.3) is 21.7 Å². The Kier molecular flexibility index (Phi) is 4.54. The Morgan fingerprint density at radius 1 is 1.08 bits per heavy atom. The van der Waals surface area contributed by atoms with E-state index in [0.717, 1.165) is 11.3 Å². The molecule has 0 unspecified atom stereocenters. The molecular formula is C17H8Cl2N2O2S. The molecule has 118 valence electrons. The normalized spacial score (nSPS) is 10.4. The molecule has 1 heterocycles. The molecule has 0 radical (unpaired) electrons. The molecule has 0 fully saturated rings. The molecule has 2 aromatic carbocycles. The smallest absolute Gasteiger partial charge is 0.247 e. The highest BCUT2D eigenvalue weighted by molar-refractivity contribution is 7.12. The Labute approximate surface area is 151 Å². The van der Waals surface area contributed by atoms with Crippen molar-refractivity contribution in [2.24, 2.45) is 0 Å². The van der Waals surface area contributed by atoms with E-state index in [2.05, 4.69) is 4.98 Å². The quantitative estimate of drug-likeness (QED) is 0.703. The van der Waals surface area contributed by atoms with E-state index in [9.17, 15) is 15.2 Å². The monoisotopic (exact) mass is 374 g/mol. The maximum Gasteiger partial charge on any atom is 0.247 e. The van der Waals surface area contributed by atoms with Crippen LogP contribution in [0.4, 0.5) is 0 Å². The largest absolute Gasteiger partial charge is 0.493 e. The van der Waals surface area contributed by atoms with Crippen molar-refractivity contribution in [2.75, 3.05) is 0 Å². The molecule has 0 amide bonds. The number of aromatic hydroxyl groups is 1. The lowest BCUT2D eigenvalue weighted by Gasteiger charge is -2.07. The van der Waals surface area contributed by atoms with Crippen LogP contribution in [0.15, 0.2) is 47.3 Å². The first kappa shape index (κ1) is 16.5. The zero-order chi connectivity index (χ0) is 17.3. The van der Waals surface area contributed by atoms with Gasteiger partial charge < -0.3 is 5.11 Å². The van der Waals surface area contributed by atoms with Gasteiger partial charge in [0.25, 0.3) is 0 Å². The number of hydrogen-bond acceptors (Lipinski definition) is 5. The summed E-state index contributed by atoms with van der Waals surface area (Å²) < 4.78 is -0.397. The van der Waals surface area contributed by atoms with Gasteiger partial charge in [0.1, 0.15) is 10.6 Å². The average molecular weight is 375 g/mol. The van der Waals surface area contributed by atoms with Gasteiger partial charge in [0.15, 0.2) is 0 Å². The van der Waals surface area contributed by atoms with Gasteiger partial charge in [-0.3, -0.25) is 4.79 Å². The molecule has 0 saturated carbocycles. The number of halogens is 2. The highest BCUT2D eigenvalue weighted by Gasteiger charge is 2.17. The second-order valence-electron chi connectivity index (χ2n) is 4.81. The fraction of sp³-hybridized carbons (Fsp3) is 0. The molecule has 0 aliphatic heterocycles. The van der Waals surface area contributed by atoms with Gasteiger partial charge in [0, 0.05) is 21.2 Å². The molecule has 0 bridgehead atoms. The van der Waals surface area contributed by atoms with Gasteiger partial charge in [-0.05, 0) is 24.3 Å². The second-order valence-corrected chi connectivity index (χ2v) is 6.65. The van der Waals surface area contributed by atoms with Crippen LogP contribution in [0.1, 0.15) is 5.56 Å². The lowest BCUT2D eigenvalue weighted by atomic mass is 10.0. The van der Waals surface area contributed by atoms with Crippen molar-refractivity contribution in [1.29, 1.82) is 5.26 Å². The van der Waals surface area contributed by atoms with Crippen LogP contribution in [0, 0.1) is 11.3 Å². The summed E-state index contributed by atoms with van der Waals surface area (Å²) in [6, 6.07) is 13.2. The summed E-state index contributed by atoms with van der Waals surface area (Å²) in [6.45, 7) is 0. The first-order valence-corrected chi connectivity index (χ1v) is 8.27. The maximum atomic E-state index is 12.5. The van der Waals surface area contributed by atoms with Crippen LogP contribution in [-0.4, -0.2) is 10.1 Å². The van der Waals surface area contributed by atoms with Gasteiger partial charge in [-0.2, -0.15) is 5.26 Å². The summed E-state index contributed by atoms with van der Waals surface area (Å²) >= 11 is 12.6. The topological polar surface area (TPSA) is 74.0 Å². The van der Waals surface area contributed by atoms with Crippen LogP contribution in [0.5, 0.6) is 5.88 Å². The van der Waals surface area contributed by atoms with Crippen molar-refractivity contribution in [3.05, 3.63) is 67.6 Å². The Bertz CT molecular complexity index is 1020. The van der Waals surface area contributed by atoms with E-state index in [1.54, 1.807) is 30.3 Å². The third-order valence-electron chi connectivity index (χ3n) is 3.29. The van der Waals surface area contributed by atoms with Crippen molar-refractivity contribution >= 4 is 34.5 Å². The first-order chi connectivity index (χ1) is 11.5. The zero-order valence-electron chi connectivity index (χ0n) is 12.0. The van der Waals surface area contributed by atoms with E-state index in [1.165, 1.54) is 12.1 Å². The van der Waals surface area contributed by atoms with E-state index in [0.29, 0.717) is 26.2 Å². The highest BCUT2D eigenvalue weighted by Crippen LogP contribution is 2.32. The van der Waals surface area contributed by atoms with Gasteiger partial charge in [0.2, 0.25) is 10.6 Å². The molecular weight excluding hydrogens is 367 g/mol. The van der Waals surface area contributed by atoms with E-state index >= 15 is 0 Å². The van der Waals surface area contributed by atoms with Gasteiger partial charge in [-0.25, -0.2) is 4.98 Å². The summed E-state index contributed by atoms with van der Waals surface area (Å²) in [7, 11) is 0. The summed E-state index contributed by atoms with van der Waals surface area (Å²) in [5.74, 6) is -0.428. The molecule has 3 rings (SSSR count). The van der Waals surface area contributed by atoms with Crippen molar-refractivity contribution in [3.63, 3.8) is 0 Å². The molecule has 4 nitrogen and oxygen atoms in total. The number of rotatable bonds is 2. The Morgan fingerprint density at radius 2 is 1.75 bits per heavy atom. The molecule has 0 atom stereocenters. The number of hydrogen-bond donors (Lipinski definition) is 1. The second kappa shape index (κ2) is 6.62. The number of nitriles is 1. The van der Waals surface area contributed by atoms with E-state index in [4.69, 9.17) is 23.2 Å². The fourth-order valence-electron chi connectivity index (χ4n) is 2.18. The van der Waals surface area contributed by atoms with E-state index in [-0.39, 0.29) is 11.1 Å². The SMILES string of the molecule is N#Cc1cc(Cl)ccc1-c1c(O)nc(-c2ccc(Cl)cc2)sc1=O. The van der Waals surface area contributed by atoms with Crippen molar-refractivity contribution in [1.82, 2.24) is 4.98 Å². The van der Waals surface area contributed by atoms with E-state index in [1.807, 2.05) is 6.07 Å². The number of aromatic nitrogens is 1. The number of nitrogens with zero attached hydrogens (tertiary/aromatic N) is 2. The predicted molar refractivity (Wildman–Crippen MR) is 95.7 cm³/mol. The highest BCUT2D eigenvalue weighted by atomic mass is 35.5. The van der Waals surface area contributed by atoms with Crippen molar-refractivity contribution in [3.8, 4) is 33.6 Å². The maximum absolute atomic E-state index is 12.5. The van der Waals surface area contributed by atoms with Crippen molar-refractivity contribution in [2.45, 2.75) is 0 Å². The van der Waals surface area contributed by atoms with Gasteiger partial charge in [0.05, 0.1) is 11.6 Å². The number of benzene rings is 2. The molecule has 0 aliphatic carbocycles. The van der Waals surface area contributed by atoms with Gasteiger partial charge >= 0.3 is 0 Å². The molecule has 1 aromatic heterocycles. The van der Waals surface area contributed by atoms with Gasteiger partial charge in [-0.1, -0.05) is 52.7 Å². The summed E-state index contributed by atoms with van der Waals surface area (Å²) in [6.07, 6.45) is 0. The van der Waals surface area contributed by atoms with Crippen LogP contribution < -0.4 is 4.74 Å². The van der Waals surface area contributed by atoms with Crippen LogP contribution >= 0.6 is 34.5 Å². The Balaban J connectivity index is 2.18. The lowest BCUT2D eigenvalue weighted by molar-refractivity contribution is 0.457. The third-order valence-corrected chi connectivity index (χ3v) is 4.68. The average Bonchev–Trinajstić information content (AvgIpc) is 2.56. The molecule has 0 saturated heterocycles. The van der Waals surface area contributed by atoms with Crippen LogP contribution in [-0.2, 0) is 0 Å². The summed E-state index contributed by atoms with van der Waals surface area (Å²) in [5, 5.41) is 20.8. The Morgan fingerprint density at radius 3 is 2.38 bits per heavy atom. The minimum Gasteiger partial charge on any atom is -0.493 e. The predicted octanol–water partition coefficient (Wildman–Crippen LogP) is 4.72. The van der Waals surface area contributed by atoms with Crippen molar-refractivity contribution < 1.29 is 5.11 Å². The minimum absolute atomic E-state index is 0.00840. The van der Waals surface area contributed by atoms with Gasteiger partial charge in [-0.15, -0.1) is 0 Å². The molecule has 7 heteroatoms. The third kappa shape index (κ3) is 3.13. The molecule has 1 N–H and O–H groups in total. The lowest BCUT2D eigenvalue weighted by Crippen LogP contribution is -2.03. The zero-order valence-corrected chi connectivity index (χ0v) is 14.3. The molecule has 0 spiro atoms.